The SMILES string of the molecule is COc1ccccc1OCCN(C)CC(=O)Nc1ccccc1C(C)C. The van der Waals surface area contributed by atoms with Crippen molar-refractivity contribution in [3.05, 3.63) is 54.1 Å². The molecule has 0 unspecified atom stereocenters. The molecule has 1 N–H and O–H groups in total. The quantitative estimate of drug-likeness (QED) is 0.743. The molecule has 5 nitrogen and oxygen atoms in total. The monoisotopic (exact) mass is 356 g/mol. The number of nitrogens with zero attached hydrogens (tertiary/aromatic N) is 1. The van der Waals surface area contributed by atoms with Gasteiger partial charge in [-0.2, -0.15) is 0 Å². The van der Waals surface area contributed by atoms with Crippen LogP contribution in [0, 0.1) is 0 Å². The second-order valence-corrected chi connectivity index (χ2v) is 6.53. The van der Waals surface area contributed by atoms with Gasteiger partial charge in [0.15, 0.2) is 11.5 Å². The van der Waals surface area contributed by atoms with Gasteiger partial charge in [0.05, 0.1) is 13.7 Å². The van der Waals surface area contributed by atoms with Gasteiger partial charge >= 0.3 is 0 Å². The third-order valence-electron chi connectivity index (χ3n) is 4.07. The maximum Gasteiger partial charge on any atom is 0.238 e. The zero-order chi connectivity index (χ0) is 18.9. The van der Waals surface area contributed by atoms with E-state index in [0.717, 1.165) is 11.3 Å². The number of rotatable bonds is 9. The van der Waals surface area contributed by atoms with Crippen molar-refractivity contribution >= 4 is 11.6 Å². The minimum absolute atomic E-state index is 0.0297. The zero-order valence-electron chi connectivity index (χ0n) is 16.0. The van der Waals surface area contributed by atoms with E-state index in [0.29, 0.717) is 37.1 Å². The Morgan fingerprint density at radius 3 is 2.42 bits per heavy atom. The average Bonchev–Trinajstić information content (AvgIpc) is 2.62. The first-order chi connectivity index (χ1) is 12.5. The van der Waals surface area contributed by atoms with Crippen molar-refractivity contribution in [3.8, 4) is 11.5 Å². The molecular weight excluding hydrogens is 328 g/mol. The number of para-hydroxylation sites is 3. The summed E-state index contributed by atoms with van der Waals surface area (Å²) in [5.74, 6) is 1.74. The number of nitrogens with one attached hydrogen (secondary N) is 1. The summed E-state index contributed by atoms with van der Waals surface area (Å²) in [4.78, 5) is 14.3. The van der Waals surface area contributed by atoms with Gasteiger partial charge in [-0.25, -0.2) is 0 Å². The highest BCUT2D eigenvalue weighted by Gasteiger charge is 2.11. The summed E-state index contributed by atoms with van der Waals surface area (Å²) in [6.45, 7) is 5.66. The summed E-state index contributed by atoms with van der Waals surface area (Å²) in [7, 11) is 3.52. The highest BCUT2D eigenvalue weighted by Crippen LogP contribution is 2.25. The van der Waals surface area contributed by atoms with Gasteiger partial charge in [0.1, 0.15) is 6.61 Å². The first-order valence-electron chi connectivity index (χ1n) is 8.84. The Bertz CT molecular complexity index is 716. The molecule has 2 aromatic carbocycles. The van der Waals surface area contributed by atoms with Gasteiger partial charge in [0, 0.05) is 12.2 Å². The molecule has 0 atom stereocenters. The fraction of sp³-hybridized carbons (Fsp3) is 0.381. The van der Waals surface area contributed by atoms with Gasteiger partial charge in [-0.1, -0.05) is 44.2 Å². The molecule has 0 fully saturated rings. The van der Waals surface area contributed by atoms with E-state index in [4.69, 9.17) is 9.47 Å². The van der Waals surface area contributed by atoms with Crippen LogP contribution in [0.5, 0.6) is 11.5 Å². The van der Waals surface area contributed by atoms with Crippen LogP contribution in [0.2, 0.25) is 0 Å². The van der Waals surface area contributed by atoms with Crippen LogP contribution < -0.4 is 14.8 Å². The lowest BCUT2D eigenvalue weighted by Crippen LogP contribution is -2.33. The second-order valence-electron chi connectivity index (χ2n) is 6.53. The minimum atomic E-state index is -0.0297. The highest BCUT2D eigenvalue weighted by molar-refractivity contribution is 5.93. The maximum absolute atomic E-state index is 12.3. The van der Waals surface area contributed by atoms with E-state index >= 15 is 0 Å². The molecule has 5 heteroatoms. The summed E-state index contributed by atoms with van der Waals surface area (Å²) >= 11 is 0. The molecule has 0 aromatic heterocycles. The van der Waals surface area contributed by atoms with Crippen LogP contribution in [0.1, 0.15) is 25.3 Å². The van der Waals surface area contributed by atoms with E-state index in [-0.39, 0.29) is 5.91 Å². The highest BCUT2D eigenvalue weighted by atomic mass is 16.5. The number of carbonyl (C=O) groups is 1. The Labute approximate surface area is 155 Å². The molecule has 0 bridgehead atoms. The Morgan fingerprint density at radius 1 is 1.08 bits per heavy atom. The normalized spacial score (nSPS) is 10.8. The number of hydrogen-bond donors (Lipinski definition) is 1. The Morgan fingerprint density at radius 2 is 1.73 bits per heavy atom. The third kappa shape index (κ3) is 5.77. The molecular formula is C21H28N2O3. The van der Waals surface area contributed by atoms with Crippen LogP contribution in [0.25, 0.3) is 0 Å². The van der Waals surface area contributed by atoms with Gasteiger partial charge in [-0.3, -0.25) is 9.69 Å². The fourth-order valence-electron chi connectivity index (χ4n) is 2.68. The molecule has 0 heterocycles. The number of ether oxygens (including phenoxy) is 2. The first-order valence-corrected chi connectivity index (χ1v) is 8.84. The molecule has 140 valence electrons. The van der Waals surface area contributed by atoms with E-state index in [1.165, 1.54) is 0 Å². The van der Waals surface area contributed by atoms with Crippen molar-refractivity contribution in [2.24, 2.45) is 0 Å². The number of carbonyl (C=O) groups excluding carboxylic acids is 1. The number of amides is 1. The average molecular weight is 356 g/mol. The van der Waals surface area contributed by atoms with Gasteiger partial charge in [0.25, 0.3) is 0 Å². The Kier molecular flexibility index (Phi) is 7.48. The predicted molar refractivity (Wildman–Crippen MR) is 105 cm³/mol. The van der Waals surface area contributed by atoms with Crippen molar-refractivity contribution < 1.29 is 14.3 Å². The molecule has 0 saturated carbocycles. The van der Waals surface area contributed by atoms with Crippen molar-refractivity contribution in [1.29, 1.82) is 0 Å². The maximum atomic E-state index is 12.3. The molecule has 0 saturated heterocycles. The Hall–Kier alpha value is -2.53. The molecule has 0 radical (unpaired) electrons. The molecule has 0 spiro atoms. The molecule has 0 aliphatic carbocycles. The smallest absolute Gasteiger partial charge is 0.238 e. The summed E-state index contributed by atoms with van der Waals surface area (Å²) in [5.41, 5.74) is 2.02. The molecule has 2 aromatic rings. The summed E-state index contributed by atoms with van der Waals surface area (Å²) in [6, 6.07) is 15.5. The summed E-state index contributed by atoms with van der Waals surface area (Å²) in [6.07, 6.45) is 0. The number of hydrogen-bond acceptors (Lipinski definition) is 4. The van der Waals surface area contributed by atoms with Crippen molar-refractivity contribution in [1.82, 2.24) is 4.90 Å². The van der Waals surface area contributed by atoms with E-state index in [2.05, 4.69) is 19.2 Å². The van der Waals surface area contributed by atoms with Crippen LogP contribution in [0.15, 0.2) is 48.5 Å². The number of benzene rings is 2. The zero-order valence-corrected chi connectivity index (χ0v) is 16.0. The molecule has 0 aliphatic rings. The standard InChI is InChI=1S/C21H28N2O3/c1-16(2)17-9-5-6-10-18(17)22-21(24)15-23(3)13-14-26-20-12-8-7-11-19(20)25-4/h5-12,16H,13-15H2,1-4H3,(H,22,24). The van der Waals surface area contributed by atoms with Gasteiger partial charge in [0.2, 0.25) is 5.91 Å². The number of likely N-dealkylation sites (N-methyl/N-ethyl adjacent to an activating group) is 1. The van der Waals surface area contributed by atoms with Crippen LogP contribution in [-0.4, -0.2) is 44.7 Å². The Balaban J connectivity index is 1.81. The van der Waals surface area contributed by atoms with Crippen molar-refractivity contribution in [3.63, 3.8) is 0 Å². The van der Waals surface area contributed by atoms with E-state index in [1.807, 2.05) is 60.5 Å². The topological polar surface area (TPSA) is 50.8 Å². The number of anilines is 1. The molecule has 2 rings (SSSR count). The molecule has 26 heavy (non-hydrogen) atoms. The van der Waals surface area contributed by atoms with Crippen LogP contribution in [-0.2, 0) is 4.79 Å². The molecule has 0 aliphatic heterocycles. The lowest BCUT2D eigenvalue weighted by Gasteiger charge is -2.18. The lowest BCUT2D eigenvalue weighted by molar-refractivity contribution is -0.117. The largest absolute Gasteiger partial charge is 0.493 e. The van der Waals surface area contributed by atoms with Crippen molar-refractivity contribution in [2.75, 3.05) is 39.2 Å². The van der Waals surface area contributed by atoms with Gasteiger partial charge < -0.3 is 14.8 Å². The predicted octanol–water partition coefficient (Wildman–Crippen LogP) is 3.77. The number of methoxy groups -OCH3 is 1. The summed E-state index contributed by atoms with van der Waals surface area (Å²) < 4.78 is 11.0. The minimum Gasteiger partial charge on any atom is -0.493 e. The van der Waals surface area contributed by atoms with Gasteiger partial charge in [-0.15, -0.1) is 0 Å². The first kappa shape index (κ1) is 19.8. The van der Waals surface area contributed by atoms with Crippen LogP contribution in [0.4, 0.5) is 5.69 Å². The van der Waals surface area contributed by atoms with E-state index in [9.17, 15) is 4.79 Å². The van der Waals surface area contributed by atoms with E-state index in [1.54, 1.807) is 7.11 Å². The summed E-state index contributed by atoms with van der Waals surface area (Å²) in [5, 5.41) is 3.01. The van der Waals surface area contributed by atoms with Gasteiger partial charge in [-0.05, 0) is 36.7 Å². The second kappa shape index (κ2) is 9.82. The van der Waals surface area contributed by atoms with Crippen molar-refractivity contribution in [2.45, 2.75) is 19.8 Å². The lowest BCUT2D eigenvalue weighted by atomic mass is 10.0. The van der Waals surface area contributed by atoms with Crippen LogP contribution >= 0.6 is 0 Å². The van der Waals surface area contributed by atoms with Crippen LogP contribution in [0.3, 0.4) is 0 Å². The fourth-order valence-corrected chi connectivity index (χ4v) is 2.68. The third-order valence-corrected chi connectivity index (χ3v) is 4.07. The van der Waals surface area contributed by atoms with E-state index < -0.39 is 0 Å². The molecule has 1 amide bonds.